The second kappa shape index (κ2) is 6.15. The maximum absolute atomic E-state index is 12.4. The van der Waals surface area contributed by atoms with Crippen molar-refractivity contribution >= 4 is 23.1 Å². The van der Waals surface area contributed by atoms with Gasteiger partial charge in [-0.2, -0.15) is 0 Å². The normalized spacial score (nSPS) is 18.5. The van der Waals surface area contributed by atoms with E-state index in [1.165, 1.54) is 11.3 Å². The number of ether oxygens (including phenoxy) is 1. The van der Waals surface area contributed by atoms with Crippen LogP contribution in [0.1, 0.15) is 21.5 Å². The second-order valence-corrected chi connectivity index (χ2v) is 5.40. The smallest absolute Gasteiger partial charge is 0.265 e. The van der Waals surface area contributed by atoms with Crippen molar-refractivity contribution in [1.29, 1.82) is 0 Å². The molecule has 1 aliphatic heterocycles. The highest BCUT2D eigenvalue weighted by Crippen LogP contribution is 2.26. The van der Waals surface area contributed by atoms with Crippen molar-refractivity contribution in [1.82, 2.24) is 19.9 Å². The number of nitrogens with zero attached hydrogens (tertiary/aromatic N) is 4. The average molecular weight is 305 g/mol. The van der Waals surface area contributed by atoms with Gasteiger partial charge in [0, 0.05) is 26.0 Å². The number of rotatable bonds is 3. The molecule has 2 aromatic heterocycles. The molecular weight excluding hydrogens is 290 g/mol. The molecule has 0 spiro atoms. The molecule has 7 nitrogen and oxygen atoms in total. The molecule has 1 saturated heterocycles. The van der Waals surface area contributed by atoms with Gasteiger partial charge >= 0.3 is 0 Å². The number of morpholine rings is 1. The summed E-state index contributed by atoms with van der Waals surface area (Å²) < 4.78 is 5.76. The van der Waals surface area contributed by atoms with Crippen LogP contribution in [-0.2, 0) is 4.74 Å². The zero-order valence-electron chi connectivity index (χ0n) is 11.5. The predicted octanol–water partition coefficient (Wildman–Crippen LogP) is 1.19. The van der Waals surface area contributed by atoms with Crippen molar-refractivity contribution in [3.63, 3.8) is 0 Å². The van der Waals surface area contributed by atoms with E-state index in [1.807, 2.05) is 0 Å². The molecule has 3 heterocycles. The zero-order valence-corrected chi connectivity index (χ0v) is 12.3. The van der Waals surface area contributed by atoms with Crippen LogP contribution in [0, 0.1) is 0 Å². The van der Waals surface area contributed by atoms with Crippen LogP contribution < -0.4 is 5.32 Å². The molecule has 0 aromatic carbocycles. The van der Waals surface area contributed by atoms with Gasteiger partial charge in [0.2, 0.25) is 0 Å². The van der Waals surface area contributed by atoms with E-state index in [2.05, 4.69) is 20.3 Å². The van der Waals surface area contributed by atoms with Gasteiger partial charge in [-0.15, -0.1) is 11.3 Å². The molecule has 110 valence electrons. The fourth-order valence-electron chi connectivity index (χ4n) is 2.25. The number of anilines is 1. The number of hydrogen-bond acceptors (Lipinski definition) is 7. The van der Waals surface area contributed by atoms with Crippen LogP contribution in [0.3, 0.4) is 0 Å². The first-order valence-electron chi connectivity index (χ1n) is 6.57. The highest BCUT2D eigenvalue weighted by molar-refractivity contribution is 7.11. The Hall–Kier alpha value is -2.06. The van der Waals surface area contributed by atoms with E-state index in [1.54, 1.807) is 36.0 Å². The molecule has 1 N–H and O–H groups in total. The highest BCUT2D eigenvalue weighted by atomic mass is 32.1. The first-order valence-corrected chi connectivity index (χ1v) is 7.45. The molecule has 8 heteroatoms. The summed E-state index contributed by atoms with van der Waals surface area (Å²) >= 11 is 1.35. The Morgan fingerprint density at radius 1 is 1.48 bits per heavy atom. The summed E-state index contributed by atoms with van der Waals surface area (Å²) in [7, 11) is 1.79. The van der Waals surface area contributed by atoms with Crippen molar-refractivity contribution < 1.29 is 9.53 Å². The fourth-order valence-corrected chi connectivity index (χ4v) is 2.84. The molecule has 2 aromatic rings. The summed E-state index contributed by atoms with van der Waals surface area (Å²) in [6.45, 7) is 1.52. The van der Waals surface area contributed by atoms with Crippen LogP contribution in [0.25, 0.3) is 0 Å². The van der Waals surface area contributed by atoms with Gasteiger partial charge in [0.15, 0.2) is 0 Å². The maximum Gasteiger partial charge on any atom is 0.265 e. The Kier molecular flexibility index (Phi) is 4.07. The van der Waals surface area contributed by atoms with E-state index in [0.717, 1.165) is 5.69 Å². The first-order chi connectivity index (χ1) is 10.3. The maximum atomic E-state index is 12.4. The standard InChI is InChI=1S/C13H15N5O2S/c1-14-12-11(16-2-3-17-12)9-7-18(4-5-20-9)13(19)10-6-15-8-21-10/h2-3,6,8-9H,4-5,7H2,1H3,(H,14,17). The quantitative estimate of drug-likeness (QED) is 0.917. The van der Waals surface area contributed by atoms with Crippen LogP contribution >= 0.6 is 11.3 Å². The molecule has 1 fully saturated rings. The third-order valence-electron chi connectivity index (χ3n) is 3.27. The minimum Gasteiger partial charge on any atom is -0.372 e. The lowest BCUT2D eigenvalue weighted by atomic mass is 10.2. The predicted molar refractivity (Wildman–Crippen MR) is 78.3 cm³/mol. The molecule has 0 bridgehead atoms. The number of carbonyl (C=O) groups excluding carboxylic acids is 1. The average Bonchev–Trinajstić information content (AvgIpc) is 3.08. The summed E-state index contributed by atoms with van der Waals surface area (Å²) in [6.07, 6.45) is 4.58. The molecule has 0 radical (unpaired) electrons. The molecule has 3 rings (SSSR count). The second-order valence-electron chi connectivity index (χ2n) is 4.52. The number of hydrogen-bond donors (Lipinski definition) is 1. The zero-order chi connectivity index (χ0) is 14.7. The Bertz CT molecular complexity index is 619. The summed E-state index contributed by atoms with van der Waals surface area (Å²) in [5.74, 6) is 0.662. The molecule has 0 saturated carbocycles. The molecule has 0 aliphatic carbocycles. The summed E-state index contributed by atoms with van der Waals surface area (Å²) in [5, 5.41) is 3.00. The number of nitrogens with one attached hydrogen (secondary N) is 1. The van der Waals surface area contributed by atoms with E-state index in [-0.39, 0.29) is 12.0 Å². The van der Waals surface area contributed by atoms with Gasteiger partial charge in [0.05, 0.1) is 24.9 Å². The molecular formula is C13H15N5O2S. The summed E-state index contributed by atoms with van der Waals surface area (Å²) in [4.78, 5) is 27.3. The Morgan fingerprint density at radius 3 is 3.10 bits per heavy atom. The Labute approximate surface area is 126 Å². The summed E-state index contributed by atoms with van der Waals surface area (Å²) in [5.41, 5.74) is 2.38. The molecule has 21 heavy (non-hydrogen) atoms. The minimum atomic E-state index is -0.272. The van der Waals surface area contributed by atoms with Crippen LogP contribution in [0.2, 0.25) is 0 Å². The van der Waals surface area contributed by atoms with Gasteiger partial charge in [-0.3, -0.25) is 14.8 Å². The van der Waals surface area contributed by atoms with Gasteiger partial charge in [0.1, 0.15) is 22.5 Å². The van der Waals surface area contributed by atoms with Crippen LogP contribution in [-0.4, -0.2) is 52.5 Å². The van der Waals surface area contributed by atoms with Gasteiger partial charge in [-0.1, -0.05) is 0 Å². The third kappa shape index (κ3) is 2.86. The van der Waals surface area contributed by atoms with Gasteiger partial charge in [-0.05, 0) is 0 Å². The number of aromatic nitrogens is 3. The van der Waals surface area contributed by atoms with E-state index >= 15 is 0 Å². The largest absolute Gasteiger partial charge is 0.372 e. The van der Waals surface area contributed by atoms with E-state index in [9.17, 15) is 4.79 Å². The first kappa shape index (κ1) is 13.9. The van der Waals surface area contributed by atoms with Crippen LogP contribution in [0.4, 0.5) is 5.82 Å². The van der Waals surface area contributed by atoms with Crippen molar-refractivity contribution in [3.05, 3.63) is 34.7 Å². The molecule has 1 atom stereocenters. The topological polar surface area (TPSA) is 80.2 Å². The van der Waals surface area contributed by atoms with Crippen molar-refractivity contribution in [2.75, 3.05) is 32.1 Å². The Morgan fingerprint density at radius 2 is 2.33 bits per heavy atom. The fraction of sp³-hybridized carbons (Fsp3) is 0.385. The third-order valence-corrected chi connectivity index (χ3v) is 4.03. The summed E-state index contributed by atoms with van der Waals surface area (Å²) in [6, 6.07) is 0. The van der Waals surface area contributed by atoms with Crippen LogP contribution in [0.5, 0.6) is 0 Å². The molecule has 1 aliphatic rings. The van der Waals surface area contributed by atoms with Gasteiger partial charge in [0.25, 0.3) is 5.91 Å². The minimum absolute atomic E-state index is 0.0132. The number of amides is 1. The lowest BCUT2D eigenvalue weighted by Gasteiger charge is -2.32. The highest BCUT2D eigenvalue weighted by Gasteiger charge is 2.29. The van der Waals surface area contributed by atoms with E-state index in [4.69, 9.17) is 4.74 Å². The lowest BCUT2D eigenvalue weighted by Crippen LogP contribution is -2.42. The number of carbonyl (C=O) groups is 1. The molecule has 1 amide bonds. The molecule has 1 unspecified atom stereocenters. The Balaban J connectivity index is 1.78. The SMILES string of the molecule is CNc1nccnc1C1CN(C(=O)c2cncs2)CCO1. The van der Waals surface area contributed by atoms with E-state index in [0.29, 0.717) is 30.4 Å². The van der Waals surface area contributed by atoms with E-state index < -0.39 is 0 Å². The number of thiazole rings is 1. The van der Waals surface area contributed by atoms with Gasteiger partial charge in [-0.25, -0.2) is 4.98 Å². The van der Waals surface area contributed by atoms with Gasteiger partial charge < -0.3 is 15.0 Å². The van der Waals surface area contributed by atoms with Crippen molar-refractivity contribution in [2.45, 2.75) is 6.10 Å². The monoisotopic (exact) mass is 305 g/mol. The van der Waals surface area contributed by atoms with Crippen LogP contribution in [0.15, 0.2) is 24.1 Å². The van der Waals surface area contributed by atoms with Crippen molar-refractivity contribution in [3.8, 4) is 0 Å². The lowest BCUT2D eigenvalue weighted by molar-refractivity contribution is -0.0243. The van der Waals surface area contributed by atoms with Crippen molar-refractivity contribution in [2.24, 2.45) is 0 Å².